The smallest absolute Gasteiger partial charge is 0.271 e. The predicted octanol–water partition coefficient (Wildman–Crippen LogP) is 3.45. The van der Waals surface area contributed by atoms with E-state index in [1.54, 1.807) is 23.1 Å². The second kappa shape index (κ2) is 3.73. The Hall–Kier alpha value is -1.62. The summed E-state index contributed by atoms with van der Waals surface area (Å²) in [7, 11) is 1.81. The van der Waals surface area contributed by atoms with Gasteiger partial charge >= 0.3 is 0 Å². The Kier molecular flexibility index (Phi) is 2.26. The molecule has 0 unspecified atom stereocenters. The molecule has 0 bridgehead atoms. The van der Waals surface area contributed by atoms with Gasteiger partial charge < -0.3 is 9.47 Å². The largest absolute Gasteiger partial charge is 0.331 e. The third-order valence-electron chi connectivity index (χ3n) is 4.44. The fourth-order valence-corrected chi connectivity index (χ4v) is 3.47. The van der Waals surface area contributed by atoms with Crippen molar-refractivity contribution in [1.29, 1.82) is 0 Å². The monoisotopic (exact) mass is 334 g/mol. The first kappa shape index (κ1) is 12.1. The number of hydrogen-bond donors (Lipinski definition) is 0. The molecule has 2 aliphatic rings. The van der Waals surface area contributed by atoms with Crippen molar-refractivity contribution in [3.05, 3.63) is 52.0 Å². The zero-order valence-corrected chi connectivity index (χ0v) is 12.4. The standard InChI is InChI=1S/C15H12BrFN2O/c1-18-14(20)12-3-2-6-19(12)13-8-10(16)11(17)7-9(13)15(18)4-5-15/h2-3,6-8H,4-5H2,1H3. The minimum atomic E-state index is -0.340. The van der Waals surface area contributed by atoms with Gasteiger partial charge in [0.15, 0.2) is 0 Å². The van der Waals surface area contributed by atoms with Gasteiger partial charge in [0.05, 0.1) is 15.7 Å². The third-order valence-corrected chi connectivity index (χ3v) is 5.05. The predicted molar refractivity (Wildman–Crippen MR) is 76.4 cm³/mol. The van der Waals surface area contributed by atoms with E-state index in [-0.39, 0.29) is 17.3 Å². The van der Waals surface area contributed by atoms with Crippen LogP contribution in [0, 0.1) is 5.82 Å². The number of aromatic nitrogens is 1. The quantitative estimate of drug-likeness (QED) is 0.724. The van der Waals surface area contributed by atoms with Gasteiger partial charge in [0, 0.05) is 18.8 Å². The fraction of sp³-hybridized carbons (Fsp3) is 0.267. The lowest BCUT2D eigenvalue weighted by Gasteiger charge is -2.27. The van der Waals surface area contributed by atoms with Crippen molar-refractivity contribution < 1.29 is 9.18 Å². The molecule has 5 heteroatoms. The number of benzene rings is 1. The van der Waals surface area contributed by atoms with Crippen LogP contribution >= 0.6 is 15.9 Å². The molecular weight excluding hydrogens is 323 g/mol. The minimum Gasteiger partial charge on any atom is -0.331 e. The molecule has 1 aromatic carbocycles. The lowest BCUT2D eigenvalue weighted by molar-refractivity contribution is 0.0704. The Bertz CT molecular complexity index is 748. The molecule has 0 N–H and O–H groups in total. The molecule has 2 heterocycles. The average molecular weight is 335 g/mol. The first-order valence-electron chi connectivity index (χ1n) is 6.50. The fourth-order valence-electron chi connectivity index (χ4n) is 3.14. The van der Waals surface area contributed by atoms with Crippen LogP contribution in [0.4, 0.5) is 4.39 Å². The first-order valence-corrected chi connectivity index (χ1v) is 7.29. The maximum Gasteiger partial charge on any atom is 0.271 e. The van der Waals surface area contributed by atoms with E-state index in [1.807, 2.05) is 23.9 Å². The van der Waals surface area contributed by atoms with Gasteiger partial charge in [-0.05, 0) is 53.0 Å². The normalized spacial score (nSPS) is 18.8. The van der Waals surface area contributed by atoms with E-state index in [9.17, 15) is 9.18 Å². The number of carbonyl (C=O) groups excluding carboxylic acids is 1. The lowest BCUT2D eigenvalue weighted by atomic mass is 10.0. The highest BCUT2D eigenvalue weighted by Gasteiger charge is 2.53. The van der Waals surface area contributed by atoms with Gasteiger partial charge in [-0.1, -0.05) is 0 Å². The van der Waals surface area contributed by atoms with Gasteiger partial charge in [0.2, 0.25) is 0 Å². The molecule has 102 valence electrons. The van der Waals surface area contributed by atoms with Crippen molar-refractivity contribution in [2.24, 2.45) is 0 Å². The Morgan fingerprint density at radius 3 is 2.80 bits per heavy atom. The van der Waals surface area contributed by atoms with Crippen LogP contribution in [-0.2, 0) is 5.54 Å². The number of hydrogen-bond acceptors (Lipinski definition) is 1. The highest BCUT2D eigenvalue weighted by molar-refractivity contribution is 9.10. The van der Waals surface area contributed by atoms with Crippen molar-refractivity contribution in [3.63, 3.8) is 0 Å². The highest BCUT2D eigenvalue weighted by atomic mass is 79.9. The van der Waals surface area contributed by atoms with Gasteiger partial charge in [-0.2, -0.15) is 0 Å². The molecule has 1 aromatic heterocycles. The topological polar surface area (TPSA) is 25.2 Å². The highest BCUT2D eigenvalue weighted by Crippen LogP contribution is 2.54. The zero-order valence-electron chi connectivity index (χ0n) is 10.9. The van der Waals surface area contributed by atoms with Gasteiger partial charge in [-0.15, -0.1) is 0 Å². The molecule has 1 aliphatic carbocycles. The van der Waals surface area contributed by atoms with E-state index in [0.29, 0.717) is 10.2 Å². The summed E-state index contributed by atoms with van der Waals surface area (Å²) < 4.78 is 16.2. The van der Waals surface area contributed by atoms with Crippen LogP contribution in [0.1, 0.15) is 28.9 Å². The maximum atomic E-state index is 14.0. The van der Waals surface area contributed by atoms with Crippen molar-refractivity contribution in [2.75, 3.05) is 7.05 Å². The van der Waals surface area contributed by atoms with Gasteiger partial charge in [0.25, 0.3) is 5.91 Å². The Morgan fingerprint density at radius 1 is 1.35 bits per heavy atom. The van der Waals surface area contributed by atoms with Crippen LogP contribution in [0.2, 0.25) is 0 Å². The summed E-state index contributed by atoms with van der Waals surface area (Å²) in [5.74, 6) is -0.299. The summed E-state index contributed by atoms with van der Waals surface area (Å²) in [6.07, 6.45) is 3.62. The number of fused-ring (bicyclic) bond motifs is 4. The molecule has 1 saturated carbocycles. The van der Waals surface area contributed by atoms with Crippen LogP contribution < -0.4 is 0 Å². The number of carbonyl (C=O) groups is 1. The molecule has 20 heavy (non-hydrogen) atoms. The Labute approximate surface area is 124 Å². The third kappa shape index (κ3) is 1.36. The Balaban J connectivity index is 2.10. The van der Waals surface area contributed by atoms with Crippen molar-refractivity contribution >= 4 is 21.8 Å². The Morgan fingerprint density at radius 2 is 2.10 bits per heavy atom. The molecule has 0 radical (unpaired) electrons. The molecule has 4 rings (SSSR count). The van der Waals surface area contributed by atoms with E-state index < -0.39 is 0 Å². The SMILES string of the molecule is CN1C(=O)c2cccn2-c2cc(Br)c(F)cc2C12CC2. The number of rotatable bonds is 0. The molecule has 1 amide bonds. The summed E-state index contributed by atoms with van der Waals surface area (Å²) in [6.45, 7) is 0. The van der Waals surface area contributed by atoms with Gasteiger partial charge in [-0.3, -0.25) is 4.79 Å². The van der Waals surface area contributed by atoms with E-state index in [2.05, 4.69) is 15.9 Å². The van der Waals surface area contributed by atoms with E-state index >= 15 is 0 Å². The maximum absolute atomic E-state index is 14.0. The first-order chi connectivity index (χ1) is 9.54. The van der Waals surface area contributed by atoms with Crippen LogP contribution in [0.5, 0.6) is 0 Å². The number of nitrogens with zero attached hydrogens (tertiary/aromatic N) is 2. The summed E-state index contributed by atoms with van der Waals surface area (Å²) in [6, 6.07) is 6.97. The van der Waals surface area contributed by atoms with Gasteiger partial charge in [0.1, 0.15) is 11.5 Å². The van der Waals surface area contributed by atoms with Gasteiger partial charge in [-0.25, -0.2) is 4.39 Å². The van der Waals surface area contributed by atoms with Crippen molar-refractivity contribution in [1.82, 2.24) is 9.47 Å². The zero-order chi connectivity index (χ0) is 14.1. The van der Waals surface area contributed by atoms with Crippen LogP contribution in [0.3, 0.4) is 0 Å². The molecule has 1 aliphatic heterocycles. The van der Waals surface area contributed by atoms with E-state index in [4.69, 9.17) is 0 Å². The number of halogens is 2. The summed E-state index contributed by atoms with van der Waals surface area (Å²) in [5.41, 5.74) is 2.06. The van der Waals surface area contributed by atoms with E-state index in [1.165, 1.54) is 0 Å². The van der Waals surface area contributed by atoms with Crippen LogP contribution in [-0.4, -0.2) is 22.4 Å². The molecular formula is C15H12BrFN2O. The summed E-state index contributed by atoms with van der Waals surface area (Å²) in [5, 5.41) is 0. The van der Waals surface area contributed by atoms with Crippen LogP contribution in [0.15, 0.2) is 34.9 Å². The lowest BCUT2D eigenvalue weighted by Crippen LogP contribution is -2.36. The molecule has 0 atom stereocenters. The summed E-state index contributed by atoms with van der Waals surface area (Å²) >= 11 is 3.24. The van der Waals surface area contributed by atoms with Crippen molar-refractivity contribution in [3.8, 4) is 5.69 Å². The summed E-state index contributed by atoms with van der Waals surface area (Å²) in [4.78, 5) is 14.4. The number of amides is 1. The second-order valence-electron chi connectivity index (χ2n) is 5.44. The molecule has 3 nitrogen and oxygen atoms in total. The van der Waals surface area contributed by atoms with E-state index in [0.717, 1.165) is 24.1 Å². The average Bonchev–Trinajstić information content (AvgIpc) is 3.10. The van der Waals surface area contributed by atoms with Crippen molar-refractivity contribution in [2.45, 2.75) is 18.4 Å². The second-order valence-corrected chi connectivity index (χ2v) is 6.30. The van der Waals surface area contributed by atoms with Crippen LogP contribution in [0.25, 0.3) is 5.69 Å². The minimum absolute atomic E-state index is 0.0137. The molecule has 1 spiro atoms. The molecule has 1 fully saturated rings. The molecule has 2 aromatic rings. The molecule has 0 saturated heterocycles.